The monoisotopic (exact) mass is 310 g/mol. The summed E-state index contributed by atoms with van der Waals surface area (Å²) >= 11 is 0. The van der Waals surface area contributed by atoms with Crippen LogP contribution in [0.15, 0.2) is 30.3 Å². The normalized spacial score (nSPS) is 11.2. The predicted molar refractivity (Wildman–Crippen MR) is 98.3 cm³/mol. The molecule has 1 aromatic carbocycles. The third kappa shape index (κ3) is 7.98. The highest BCUT2D eigenvalue weighted by atomic mass is 31.2. The highest BCUT2D eigenvalue weighted by Gasteiger charge is 2.35. The first kappa shape index (κ1) is 20.6. The molecule has 0 spiro atoms. The van der Waals surface area contributed by atoms with E-state index in [1.54, 1.807) is 5.56 Å². The van der Waals surface area contributed by atoms with Gasteiger partial charge in [0.15, 0.2) is 0 Å². The van der Waals surface area contributed by atoms with Crippen molar-refractivity contribution >= 4 is 7.26 Å². The Kier molecular flexibility index (Phi) is 12.0. The molecule has 0 saturated heterocycles. The summed E-state index contributed by atoms with van der Waals surface area (Å²) in [5.41, 5.74) is 1.59. The Balaban J connectivity index is 0.00000400. The summed E-state index contributed by atoms with van der Waals surface area (Å²) in [4.78, 5) is 0. The Labute approximate surface area is 133 Å². The molecule has 0 fully saturated rings. The van der Waals surface area contributed by atoms with Gasteiger partial charge in [-0.05, 0) is 24.8 Å². The summed E-state index contributed by atoms with van der Waals surface area (Å²) in [7, 11) is -0.768. The van der Waals surface area contributed by atoms with Gasteiger partial charge in [-0.3, -0.25) is 0 Å². The van der Waals surface area contributed by atoms with Gasteiger partial charge in [-0.15, -0.1) is 0 Å². The second-order valence-electron chi connectivity index (χ2n) is 6.22. The minimum Gasteiger partial charge on any atom is -0.870 e. The Morgan fingerprint density at radius 3 is 1.52 bits per heavy atom. The minimum absolute atomic E-state index is 0. The predicted octanol–water partition coefficient (Wildman–Crippen LogP) is 6.43. The molecule has 21 heavy (non-hydrogen) atoms. The SMILES string of the molecule is CCCC[P+](CCCC)(CCCC)Cc1ccccc1.[OH-]. The molecule has 1 aromatic rings. The van der Waals surface area contributed by atoms with E-state index >= 15 is 0 Å². The number of rotatable bonds is 11. The molecule has 0 aliphatic carbocycles. The summed E-state index contributed by atoms with van der Waals surface area (Å²) in [5, 5.41) is 0. The summed E-state index contributed by atoms with van der Waals surface area (Å²) in [6.45, 7) is 7.03. The molecule has 1 nitrogen and oxygen atoms in total. The zero-order chi connectivity index (χ0) is 14.7. The van der Waals surface area contributed by atoms with Crippen LogP contribution in [0.5, 0.6) is 0 Å². The number of unbranched alkanes of at least 4 members (excludes halogenated alkanes) is 3. The van der Waals surface area contributed by atoms with Crippen LogP contribution in [0.25, 0.3) is 0 Å². The molecule has 1 N–H and O–H groups in total. The Bertz CT molecular complexity index is 315. The van der Waals surface area contributed by atoms with Gasteiger partial charge < -0.3 is 5.48 Å². The van der Waals surface area contributed by atoms with Gasteiger partial charge >= 0.3 is 0 Å². The van der Waals surface area contributed by atoms with Crippen molar-refractivity contribution in [1.82, 2.24) is 0 Å². The maximum atomic E-state index is 2.35. The molecule has 0 radical (unpaired) electrons. The Hall–Kier alpha value is -0.390. The van der Waals surface area contributed by atoms with Crippen molar-refractivity contribution in [2.75, 3.05) is 18.5 Å². The van der Waals surface area contributed by atoms with Gasteiger partial charge in [0.1, 0.15) is 0 Å². The summed E-state index contributed by atoms with van der Waals surface area (Å²) < 4.78 is 0. The van der Waals surface area contributed by atoms with E-state index in [1.807, 2.05) is 0 Å². The minimum atomic E-state index is -0.768. The smallest absolute Gasteiger partial charge is 0.0842 e. The van der Waals surface area contributed by atoms with E-state index in [-0.39, 0.29) is 5.48 Å². The molecular formula is C19H35OP. The summed E-state index contributed by atoms with van der Waals surface area (Å²) in [5.74, 6) is 0. The molecule has 122 valence electrons. The van der Waals surface area contributed by atoms with E-state index in [4.69, 9.17) is 0 Å². The van der Waals surface area contributed by atoms with Gasteiger partial charge in [0.25, 0.3) is 0 Å². The molecule has 0 aliphatic heterocycles. The summed E-state index contributed by atoms with van der Waals surface area (Å²) in [6, 6.07) is 11.3. The van der Waals surface area contributed by atoms with Gasteiger partial charge in [0.05, 0.1) is 24.6 Å². The van der Waals surface area contributed by atoms with Gasteiger partial charge in [0.2, 0.25) is 0 Å². The van der Waals surface area contributed by atoms with Crippen molar-refractivity contribution in [1.29, 1.82) is 0 Å². The van der Waals surface area contributed by atoms with Gasteiger partial charge in [-0.1, -0.05) is 70.4 Å². The third-order valence-corrected chi connectivity index (χ3v) is 9.15. The molecule has 1 rings (SSSR count). The first-order valence-electron chi connectivity index (χ1n) is 8.65. The van der Waals surface area contributed by atoms with Crippen molar-refractivity contribution < 1.29 is 5.48 Å². The van der Waals surface area contributed by atoms with Crippen molar-refractivity contribution in [2.24, 2.45) is 0 Å². The van der Waals surface area contributed by atoms with Crippen molar-refractivity contribution in [3.63, 3.8) is 0 Å². The van der Waals surface area contributed by atoms with E-state index < -0.39 is 7.26 Å². The zero-order valence-corrected chi connectivity index (χ0v) is 15.2. The topological polar surface area (TPSA) is 30.0 Å². The van der Waals surface area contributed by atoms with Crippen LogP contribution in [0, 0.1) is 0 Å². The summed E-state index contributed by atoms with van der Waals surface area (Å²) in [6.07, 6.45) is 14.4. The standard InChI is InChI=1S/C19H34P.H2O/c1-4-7-15-20(16-8-5-2,17-9-6-3)18-19-13-11-10-12-14-19;/h10-14H,4-9,15-18H2,1-3H3;1H2/q+1;/p-1. The second kappa shape index (κ2) is 12.2. The lowest BCUT2D eigenvalue weighted by atomic mass is 10.2. The maximum Gasteiger partial charge on any atom is 0.0842 e. The number of hydrogen-bond donors (Lipinski definition) is 0. The quantitative estimate of drug-likeness (QED) is 0.433. The first-order valence-corrected chi connectivity index (χ1v) is 11.2. The van der Waals surface area contributed by atoms with Crippen LogP contribution >= 0.6 is 7.26 Å². The van der Waals surface area contributed by atoms with Crippen molar-refractivity contribution in [2.45, 2.75) is 65.5 Å². The van der Waals surface area contributed by atoms with Crippen LogP contribution in [0.3, 0.4) is 0 Å². The first-order chi connectivity index (χ1) is 9.76. The molecule has 0 unspecified atom stereocenters. The molecule has 2 heteroatoms. The lowest BCUT2D eigenvalue weighted by Gasteiger charge is -2.28. The lowest BCUT2D eigenvalue weighted by Crippen LogP contribution is -2.11. The highest BCUT2D eigenvalue weighted by molar-refractivity contribution is 7.75. The van der Waals surface area contributed by atoms with Crippen LogP contribution in [0.1, 0.15) is 64.9 Å². The van der Waals surface area contributed by atoms with E-state index in [0.717, 1.165) is 0 Å². The average Bonchev–Trinajstić information content (AvgIpc) is 2.49. The van der Waals surface area contributed by atoms with Crippen LogP contribution in [-0.4, -0.2) is 24.0 Å². The Morgan fingerprint density at radius 2 is 1.14 bits per heavy atom. The largest absolute Gasteiger partial charge is 0.870 e. The molecule has 0 heterocycles. The third-order valence-electron chi connectivity index (χ3n) is 4.32. The van der Waals surface area contributed by atoms with E-state index in [0.29, 0.717) is 0 Å². The van der Waals surface area contributed by atoms with Gasteiger partial charge in [-0.25, -0.2) is 0 Å². The average molecular weight is 310 g/mol. The molecular weight excluding hydrogens is 275 g/mol. The molecule has 0 atom stereocenters. The Morgan fingerprint density at radius 1 is 0.714 bits per heavy atom. The fraction of sp³-hybridized carbons (Fsp3) is 0.684. The van der Waals surface area contributed by atoms with Crippen LogP contribution < -0.4 is 0 Å². The van der Waals surface area contributed by atoms with Crippen LogP contribution in [0.2, 0.25) is 0 Å². The van der Waals surface area contributed by atoms with Gasteiger partial charge in [0, 0.05) is 7.26 Å². The highest BCUT2D eigenvalue weighted by Crippen LogP contribution is 2.63. The molecule has 0 saturated carbocycles. The number of hydrogen-bond acceptors (Lipinski definition) is 1. The lowest BCUT2D eigenvalue weighted by molar-refractivity contribution is 0.824. The van der Waals surface area contributed by atoms with Gasteiger partial charge in [-0.2, -0.15) is 0 Å². The molecule has 0 aliphatic rings. The maximum absolute atomic E-state index is 2.35. The van der Waals surface area contributed by atoms with E-state index in [2.05, 4.69) is 51.1 Å². The fourth-order valence-corrected chi connectivity index (χ4v) is 8.12. The van der Waals surface area contributed by atoms with Crippen molar-refractivity contribution in [3.8, 4) is 0 Å². The fourth-order valence-electron chi connectivity index (χ4n) is 3.02. The van der Waals surface area contributed by atoms with Crippen LogP contribution in [-0.2, 0) is 6.16 Å². The molecule has 0 amide bonds. The zero-order valence-electron chi connectivity index (χ0n) is 14.4. The van der Waals surface area contributed by atoms with E-state index in [1.165, 1.54) is 63.2 Å². The van der Waals surface area contributed by atoms with Crippen LogP contribution in [0.4, 0.5) is 0 Å². The molecule has 0 bridgehead atoms. The number of benzene rings is 1. The van der Waals surface area contributed by atoms with Crippen molar-refractivity contribution in [3.05, 3.63) is 35.9 Å². The molecule has 0 aromatic heterocycles. The second-order valence-corrected chi connectivity index (χ2v) is 10.6. The van der Waals surface area contributed by atoms with E-state index in [9.17, 15) is 0 Å².